The first-order chi connectivity index (χ1) is 14.4. The molecule has 1 amide bonds. The molecule has 0 aliphatic carbocycles. The van der Waals surface area contributed by atoms with Crippen LogP contribution in [0.3, 0.4) is 0 Å². The largest absolute Gasteiger partial charge is 0.494 e. The van der Waals surface area contributed by atoms with Gasteiger partial charge in [0.15, 0.2) is 0 Å². The average Bonchev–Trinajstić information content (AvgIpc) is 2.74. The van der Waals surface area contributed by atoms with Crippen LogP contribution in [0.5, 0.6) is 5.75 Å². The molecule has 0 saturated carbocycles. The number of carbonyl (C=O) groups is 1. The van der Waals surface area contributed by atoms with Crippen molar-refractivity contribution in [2.24, 2.45) is 0 Å². The zero-order valence-corrected chi connectivity index (χ0v) is 18.3. The van der Waals surface area contributed by atoms with E-state index in [4.69, 9.17) is 4.74 Å². The third-order valence-electron chi connectivity index (χ3n) is 5.13. The van der Waals surface area contributed by atoms with Crippen molar-refractivity contribution in [1.82, 2.24) is 14.5 Å². The number of ether oxygens (including phenoxy) is 1. The van der Waals surface area contributed by atoms with E-state index in [9.17, 15) is 13.2 Å². The second kappa shape index (κ2) is 10.1. The molecular formula is C22H29N3O4S. The Balaban J connectivity index is 1.58. The standard InChI is InChI=1S/C22H29N3O4S/c1-3-29-21-7-5-4-6-20(21)16-23-22(26)19-10-8-18(9-11-19)17-30(27,28)25-14-12-24(2)13-15-25/h4-11H,3,12-17H2,1-2H3,(H,23,26). The first-order valence-electron chi connectivity index (χ1n) is 10.1. The molecule has 1 fully saturated rings. The Hall–Kier alpha value is -2.42. The molecule has 0 atom stereocenters. The van der Waals surface area contributed by atoms with Gasteiger partial charge in [0.2, 0.25) is 10.0 Å². The highest BCUT2D eigenvalue weighted by molar-refractivity contribution is 7.88. The van der Waals surface area contributed by atoms with Crippen molar-refractivity contribution in [3.63, 3.8) is 0 Å². The second-order valence-corrected chi connectivity index (χ2v) is 9.35. The summed E-state index contributed by atoms with van der Waals surface area (Å²) in [6.45, 7) is 5.35. The lowest BCUT2D eigenvalue weighted by Gasteiger charge is -2.31. The first kappa shape index (κ1) is 22.3. The minimum Gasteiger partial charge on any atom is -0.494 e. The van der Waals surface area contributed by atoms with Gasteiger partial charge in [0.1, 0.15) is 5.75 Å². The molecule has 30 heavy (non-hydrogen) atoms. The number of nitrogens with one attached hydrogen (secondary N) is 1. The van der Waals surface area contributed by atoms with Crippen molar-refractivity contribution >= 4 is 15.9 Å². The van der Waals surface area contributed by atoms with Gasteiger partial charge in [0.25, 0.3) is 5.91 Å². The molecule has 2 aromatic carbocycles. The summed E-state index contributed by atoms with van der Waals surface area (Å²) in [5, 5.41) is 2.89. The van der Waals surface area contributed by atoms with Crippen LogP contribution >= 0.6 is 0 Å². The summed E-state index contributed by atoms with van der Waals surface area (Å²) in [4.78, 5) is 14.6. The van der Waals surface area contributed by atoms with Crippen molar-refractivity contribution in [1.29, 1.82) is 0 Å². The molecule has 7 nitrogen and oxygen atoms in total. The smallest absolute Gasteiger partial charge is 0.251 e. The minimum absolute atomic E-state index is 0.0552. The lowest BCUT2D eigenvalue weighted by molar-refractivity contribution is 0.0950. The van der Waals surface area contributed by atoms with Gasteiger partial charge in [-0.1, -0.05) is 30.3 Å². The number of carbonyl (C=O) groups excluding carboxylic acids is 1. The van der Waals surface area contributed by atoms with Crippen LogP contribution in [0.4, 0.5) is 0 Å². The third-order valence-corrected chi connectivity index (χ3v) is 6.98. The Labute approximate surface area is 178 Å². The Bertz CT molecular complexity index is 953. The normalized spacial score (nSPS) is 15.7. The molecule has 1 N–H and O–H groups in total. The zero-order chi connectivity index (χ0) is 21.6. The quantitative estimate of drug-likeness (QED) is 0.693. The van der Waals surface area contributed by atoms with E-state index in [0.29, 0.717) is 37.4 Å². The highest BCUT2D eigenvalue weighted by Crippen LogP contribution is 2.18. The average molecular weight is 432 g/mol. The lowest BCUT2D eigenvalue weighted by Crippen LogP contribution is -2.47. The third kappa shape index (κ3) is 5.81. The molecule has 8 heteroatoms. The molecule has 1 saturated heterocycles. The van der Waals surface area contributed by atoms with Gasteiger partial charge in [-0.25, -0.2) is 8.42 Å². The maximum atomic E-state index is 12.6. The number of nitrogens with zero attached hydrogens (tertiary/aromatic N) is 2. The summed E-state index contributed by atoms with van der Waals surface area (Å²) in [6.07, 6.45) is 0. The molecule has 0 spiro atoms. The van der Waals surface area contributed by atoms with Gasteiger partial charge in [0.05, 0.1) is 12.4 Å². The van der Waals surface area contributed by atoms with Gasteiger partial charge < -0.3 is 15.0 Å². The van der Waals surface area contributed by atoms with Crippen molar-refractivity contribution < 1.29 is 17.9 Å². The predicted molar refractivity (Wildman–Crippen MR) is 117 cm³/mol. The van der Waals surface area contributed by atoms with E-state index in [-0.39, 0.29) is 11.7 Å². The Morgan fingerprint density at radius 1 is 1.03 bits per heavy atom. The Morgan fingerprint density at radius 3 is 2.37 bits per heavy atom. The molecule has 0 bridgehead atoms. The highest BCUT2D eigenvalue weighted by atomic mass is 32.2. The maximum Gasteiger partial charge on any atom is 0.251 e. The number of rotatable bonds is 8. The number of amides is 1. The number of benzene rings is 2. The van der Waals surface area contributed by atoms with Gasteiger partial charge in [-0.2, -0.15) is 4.31 Å². The summed E-state index contributed by atoms with van der Waals surface area (Å²) < 4.78 is 32.4. The van der Waals surface area contributed by atoms with Crippen LogP contribution in [0.15, 0.2) is 48.5 Å². The fourth-order valence-electron chi connectivity index (χ4n) is 3.34. The summed E-state index contributed by atoms with van der Waals surface area (Å²) in [7, 11) is -1.37. The number of piperazine rings is 1. The summed E-state index contributed by atoms with van der Waals surface area (Å²) in [6, 6.07) is 14.3. The molecule has 3 rings (SSSR count). The van der Waals surface area contributed by atoms with Crippen molar-refractivity contribution in [3.05, 3.63) is 65.2 Å². The van der Waals surface area contributed by atoms with Gasteiger partial charge in [-0.05, 0) is 37.7 Å². The van der Waals surface area contributed by atoms with E-state index < -0.39 is 10.0 Å². The molecular weight excluding hydrogens is 402 g/mol. The molecule has 1 heterocycles. The monoisotopic (exact) mass is 431 g/mol. The number of sulfonamides is 1. The molecule has 1 aliphatic rings. The number of hydrogen-bond donors (Lipinski definition) is 1. The number of hydrogen-bond acceptors (Lipinski definition) is 5. The van der Waals surface area contributed by atoms with Crippen LogP contribution in [0.2, 0.25) is 0 Å². The fourth-order valence-corrected chi connectivity index (χ4v) is 4.86. The van der Waals surface area contributed by atoms with Gasteiger partial charge in [0, 0.05) is 43.9 Å². The molecule has 1 aliphatic heterocycles. The summed E-state index contributed by atoms with van der Waals surface area (Å²) in [5.41, 5.74) is 2.07. The van der Waals surface area contributed by atoms with Crippen LogP contribution in [0.25, 0.3) is 0 Å². The van der Waals surface area contributed by atoms with Crippen molar-refractivity contribution in [2.75, 3.05) is 39.8 Å². The van der Waals surface area contributed by atoms with Crippen molar-refractivity contribution in [3.8, 4) is 5.75 Å². The second-order valence-electron chi connectivity index (χ2n) is 7.38. The Kier molecular flexibility index (Phi) is 7.47. The maximum absolute atomic E-state index is 12.6. The van der Waals surface area contributed by atoms with Crippen LogP contribution in [0.1, 0.15) is 28.4 Å². The SMILES string of the molecule is CCOc1ccccc1CNC(=O)c1ccc(CS(=O)(=O)N2CCN(C)CC2)cc1. The van der Waals surface area contributed by atoms with Crippen LogP contribution < -0.4 is 10.1 Å². The summed E-state index contributed by atoms with van der Waals surface area (Å²) >= 11 is 0. The minimum atomic E-state index is -3.36. The lowest BCUT2D eigenvalue weighted by atomic mass is 10.1. The highest BCUT2D eigenvalue weighted by Gasteiger charge is 2.25. The van der Waals surface area contributed by atoms with E-state index in [1.807, 2.05) is 38.2 Å². The van der Waals surface area contributed by atoms with Crippen molar-refractivity contribution in [2.45, 2.75) is 19.2 Å². The molecule has 0 radical (unpaired) electrons. The number of likely N-dealkylation sites (N-methyl/N-ethyl adjacent to an activating group) is 1. The van der Waals surface area contributed by atoms with Gasteiger partial charge in [-0.3, -0.25) is 4.79 Å². The fraction of sp³-hybridized carbons (Fsp3) is 0.409. The topological polar surface area (TPSA) is 78.9 Å². The van der Waals surface area contributed by atoms with Gasteiger partial charge >= 0.3 is 0 Å². The van der Waals surface area contributed by atoms with Crippen LogP contribution in [0, 0.1) is 0 Å². The summed E-state index contributed by atoms with van der Waals surface area (Å²) in [5.74, 6) is 0.486. The van der Waals surface area contributed by atoms with E-state index in [1.165, 1.54) is 0 Å². The van der Waals surface area contributed by atoms with Crippen LogP contribution in [-0.2, 0) is 22.3 Å². The molecule has 0 unspecified atom stereocenters. The zero-order valence-electron chi connectivity index (χ0n) is 17.5. The van der Waals surface area contributed by atoms with E-state index in [0.717, 1.165) is 24.4 Å². The predicted octanol–water partition coefficient (Wildman–Crippen LogP) is 2.09. The van der Waals surface area contributed by atoms with Crippen LogP contribution in [-0.4, -0.2) is 63.4 Å². The van der Waals surface area contributed by atoms with E-state index in [1.54, 1.807) is 28.6 Å². The van der Waals surface area contributed by atoms with E-state index in [2.05, 4.69) is 10.2 Å². The number of para-hydroxylation sites is 1. The Morgan fingerprint density at radius 2 is 1.70 bits per heavy atom. The van der Waals surface area contributed by atoms with Gasteiger partial charge in [-0.15, -0.1) is 0 Å². The van der Waals surface area contributed by atoms with E-state index >= 15 is 0 Å². The molecule has 0 aromatic heterocycles. The first-order valence-corrected chi connectivity index (χ1v) is 11.7. The molecule has 162 valence electrons. The molecule has 2 aromatic rings.